The van der Waals surface area contributed by atoms with Crippen LogP contribution in [0.5, 0.6) is 0 Å². The van der Waals surface area contributed by atoms with Crippen molar-refractivity contribution in [3.05, 3.63) is 42.5 Å². The molecule has 0 unspecified atom stereocenters. The van der Waals surface area contributed by atoms with Gasteiger partial charge in [0.05, 0.1) is 34.5 Å². The monoisotopic (exact) mass is 525 g/mol. The molecule has 196 valence electrons. The van der Waals surface area contributed by atoms with E-state index in [1.807, 2.05) is 13.8 Å². The van der Waals surface area contributed by atoms with Crippen LogP contribution >= 0.6 is 0 Å². The number of aromatic nitrogens is 5. The highest BCUT2D eigenvalue weighted by atomic mass is 32.2. The molecule has 12 nitrogen and oxygen atoms in total. The molecular weight excluding hydrogens is 494 g/mol. The number of carbonyl (C=O) groups excluding carboxylic acids is 1. The van der Waals surface area contributed by atoms with Gasteiger partial charge in [0.2, 0.25) is 0 Å². The molecular formula is C24H31N9O3S. The van der Waals surface area contributed by atoms with Gasteiger partial charge in [-0.15, -0.1) is 0 Å². The predicted molar refractivity (Wildman–Crippen MR) is 140 cm³/mol. The van der Waals surface area contributed by atoms with E-state index in [9.17, 15) is 13.2 Å². The van der Waals surface area contributed by atoms with Crippen molar-refractivity contribution in [3.8, 4) is 11.4 Å². The number of hydrogen-bond donors (Lipinski definition) is 4. The first-order chi connectivity index (χ1) is 17.8. The van der Waals surface area contributed by atoms with Gasteiger partial charge >= 0.3 is 0 Å². The quantitative estimate of drug-likeness (QED) is 0.309. The third-order valence-electron chi connectivity index (χ3n) is 6.20. The van der Waals surface area contributed by atoms with E-state index in [1.54, 1.807) is 24.5 Å². The number of amides is 1. The fourth-order valence-corrected chi connectivity index (χ4v) is 5.63. The Hall–Kier alpha value is -3.58. The van der Waals surface area contributed by atoms with Crippen molar-refractivity contribution in [1.82, 2.24) is 34.8 Å². The standard InChI is InChI=1S/C24H31N9O3S/c1-15(2)30-20-10-22(27-13-19(20)24(34)28-12-17-4-3-8-25-17)31-21-7-9-26-23(32-21)16-11-29-33(14-16)37(35,36)18-5-6-18/h7,9-11,13-15,17-18,25H,3-6,8,12H2,1-2H3,(H,28,34)(H2,26,27,30,31,32)/t17-/m1/s1. The van der Waals surface area contributed by atoms with Gasteiger partial charge in [-0.25, -0.2) is 23.4 Å². The normalized spacial score (nSPS) is 17.6. The number of anilines is 3. The van der Waals surface area contributed by atoms with Crippen molar-refractivity contribution in [1.29, 1.82) is 0 Å². The fraction of sp³-hybridized carbons (Fsp3) is 0.458. The van der Waals surface area contributed by atoms with E-state index >= 15 is 0 Å². The highest BCUT2D eigenvalue weighted by molar-refractivity contribution is 7.90. The highest BCUT2D eigenvalue weighted by Gasteiger charge is 2.37. The first-order valence-corrected chi connectivity index (χ1v) is 14.0. The molecule has 5 rings (SSSR count). The van der Waals surface area contributed by atoms with E-state index in [0.717, 1.165) is 23.5 Å². The van der Waals surface area contributed by atoms with Gasteiger partial charge in [-0.1, -0.05) is 0 Å². The number of carbonyl (C=O) groups is 1. The molecule has 3 aromatic heterocycles. The van der Waals surface area contributed by atoms with Gasteiger partial charge in [0, 0.05) is 37.1 Å². The van der Waals surface area contributed by atoms with Gasteiger partial charge in [0.15, 0.2) is 5.82 Å². The third-order valence-corrected chi connectivity index (χ3v) is 8.24. The second-order valence-electron chi connectivity index (χ2n) is 9.65. The van der Waals surface area contributed by atoms with Crippen molar-refractivity contribution in [2.75, 3.05) is 23.7 Å². The Morgan fingerprint density at radius 1 is 1.19 bits per heavy atom. The molecule has 13 heteroatoms. The second kappa shape index (κ2) is 10.4. The van der Waals surface area contributed by atoms with E-state index in [1.165, 1.54) is 12.4 Å². The molecule has 0 aromatic carbocycles. The summed E-state index contributed by atoms with van der Waals surface area (Å²) in [5, 5.41) is 16.5. The average Bonchev–Trinajstić information content (AvgIpc) is 3.38. The molecule has 3 aromatic rings. The first kappa shape index (κ1) is 25.1. The van der Waals surface area contributed by atoms with Gasteiger partial charge in [-0.3, -0.25) is 4.79 Å². The number of pyridine rings is 1. The Balaban J connectivity index is 1.32. The molecule has 0 bridgehead atoms. The minimum Gasteiger partial charge on any atom is -0.382 e. The third kappa shape index (κ3) is 5.88. The molecule has 2 fully saturated rings. The van der Waals surface area contributed by atoms with Crippen LogP contribution in [0.1, 0.15) is 49.9 Å². The second-order valence-corrected chi connectivity index (χ2v) is 11.7. The fourth-order valence-electron chi connectivity index (χ4n) is 4.15. The minimum absolute atomic E-state index is 0.104. The van der Waals surface area contributed by atoms with Gasteiger partial charge in [0.25, 0.3) is 15.9 Å². The van der Waals surface area contributed by atoms with E-state index in [-0.39, 0.29) is 17.2 Å². The molecule has 1 amide bonds. The van der Waals surface area contributed by atoms with Crippen molar-refractivity contribution in [2.45, 2.75) is 56.9 Å². The topological polar surface area (TPSA) is 156 Å². The molecule has 37 heavy (non-hydrogen) atoms. The maximum Gasteiger partial charge on any atom is 0.256 e. The smallest absolute Gasteiger partial charge is 0.256 e. The van der Waals surface area contributed by atoms with Crippen molar-refractivity contribution in [3.63, 3.8) is 0 Å². The highest BCUT2D eigenvalue weighted by Crippen LogP contribution is 2.30. The van der Waals surface area contributed by atoms with Crippen LogP contribution in [-0.4, -0.2) is 68.9 Å². The Labute approximate surface area is 215 Å². The molecule has 4 heterocycles. The average molecular weight is 526 g/mol. The molecule has 4 N–H and O–H groups in total. The van der Waals surface area contributed by atoms with Crippen LogP contribution < -0.4 is 21.3 Å². The first-order valence-electron chi connectivity index (χ1n) is 12.5. The van der Waals surface area contributed by atoms with Crippen LogP contribution in [0, 0.1) is 0 Å². The van der Waals surface area contributed by atoms with Gasteiger partial charge in [0.1, 0.15) is 11.6 Å². The molecule has 1 aliphatic carbocycles. The lowest BCUT2D eigenvalue weighted by Gasteiger charge is -2.17. The van der Waals surface area contributed by atoms with Crippen LogP contribution in [0.3, 0.4) is 0 Å². The zero-order chi connectivity index (χ0) is 26.0. The van der Waals surface area contributed by atoms with Crippen LogP contribution in [0.25, 0.3) is 11.4 Å². The maximum atomic E-state index is 12.9. The largest absolute Gasteiger partial charge is 0.382 e. The van der Waals surface area contributed by atoms with Gasteiger partial charge in [-0.05, 0) is 52.1 Å². The van der Waals surface area contributed by atoms with Gasteiger partial charge < -0.3 is 21.3 Å². The van der Waals surface area contributed by atoms with Crippen molar-refractivity contribution in [2.24, 2.45) is 0 Å². The summed E-state index contributed by atoms with van der Waals surface area (Å²) in [5.41, 5.74) is 1.61. The van der Waals surface area contributed by atoms with Gasteiger partial charge in [-0.2, -0.15) is 9.19 Å². The van der Waals surface area contributed by atoms with Crippen molar-refractivity contribution < 1.29 is 13.2 Å². The lowest BCUT2D eigenvalue weighted by atomic mass is 10.1. The lowest BCUT2D eigenvalue weighted by molar-refractivity contribution is 0.0950. The Kier molecular flexibility index (Phi) is 7.07. The molecule has 1 saturated carbocycles. The summed E-state index contributed by atoms with van der Waals surface area (Å²) in [7, 11) is -3.47. The van der Waals surface area contributed by atoms with E-state index in [2.05, 4.69) is 41.3 Å². The van der Waals surface area contributed by atoms with Crippen LogP contribution in [-0.2, 0) is 10.0 Å². The van der Waals surface area contributed by atoms with E-state index in [0.29, 0.717) is 59.7 Å². The lowest BCUT2D eigenvalue weighted by Crippen LogP contribution is -2.37. The zero-order valence-corrected chi connectivity index (χ0v) is 21.6. The summed E-state index contributed by atoms with van der Waals surface area (Å²) in [5.74, 6) is 1.11. The minimum atomic E-state index is -3.47. The zero-order valence-electron chi connectivity index (χ0n) is 20.8. The summed E-state index contributed by atoms with van der Waals surface area (Å²) < 4.78 is 25.9. The van der Waals surface area contributed by atoms with Crippen LogP contribution in [0.15, 0.2) is 36.9 Å². The Morgan fingerprint density at radius 3 is 2.76 bits per heavy atom. The summed E-state index contributed by atoms with van der Waals surface area (Å²) >= 11 is 0. The molecule has 0 radical (unpaired) electrons. The SMILES string of the molecule is CC(C)Nc1cc(Nc2ccnc(-c3cnn(S(=O)(=O)C4CC4)c3)n2)ncc1C(=O)NC[C@H]1CCCN1. The Morgan fingerprint density at radius 2 is 2.03 bits per heavy atom. The number of hydrogen-bond acceptors (Lipinski definition) is 10. The molecule has 0 spiro atoms. The predicted octanol–water partition coefficient (Wildman–Crippen LogP) is 2.12. The summed E-state index contributed by atoms with van der Waals surface area (Å²) in [4.78, 5) is 26.1. The molecule has 1 saturated heterocycles. The molecule has 1 aliphatic heterocycles. The summed E-state index contributed by atoms with van der Waals surface area (Å²) in [6.45, 7) is 5.55. The Bertz CT molecular complexity index is 1380. The summed E-state index contributed by atoms with van der Waals surface area (Å²) in [6.07, 6.45) is 9.48. The van der Waals surface area contributed by atoms with Crippen molar-refractivity contribution >= 4 is 33.3 Å². The van der Waals surface area contributed by atoms with Crippen LogP contribution in [0.4, 0.5) is 17.3 Å². The molecule has 1 atom stereocenters. The summed E-state index contributed by atoms with van der Waals surface area (Å²) in [6, 6.07) is 3.85. The number of rotatable bonds is 10. The maximum absolute atomic E-state index is 12.9. The van der Waals surface area contributed by atoms with E-state index < -0.39 is 10.0 Å². The molecule has 2 aliphatic rings. The number of nitrogens with zero attached hydrogens (tertiary/aromatic N) is 5. The number of nitrogens with one attached hydrogen (secondary N) is 4. The van der Waals surface area contributed by atoms with Crippen LogP contribution in [0.2, 0.25) is 0 Å². The van der Waals surface area contributed by atoms with E-state index in [4.69, 9.17) is 0 Å².